The fraction of sp³-hybridized carbons (Fsp3) is 0.250. The number of anilines is 2. The molecule has 96 valence electrons. The molecule has 18 heavy (non-hydrogen) atoms. The van der Waals surface area contributed by atoms with E-state index in [0.717, 1.165) is 10.7 Å². The molecule has 3 nitrogen and oxygen atoms in total. The maximum absolute atomic E-state index is 6.00. The summed E-state index contributed by atoms with van der Waals surface area (Å²) >= 11 is 13.5. The van der Waals surface area contributed by atoms with Crippen molar-refractivity contribution in [2.24, 2.45) is 0 Å². The quantitative estimate of drug-likeness (QED) is 0.827. The van der Waals surface area contributed by atoms with Crippen LogP contribution >= 0.6 is 34.5 Å². The first-order chi connectivity index (χ1) is 8.40. The number of nitrogens with zero attached hydrogens (tertiary/aromatic N) is 1. The predicted molar refractivity (Wildman–Crippen MR) is 79.6 cm³/mol. The fourth-order valence-electron chi connectivity index (χ4n) is 1.59. The number of thiazole rings is 1. The van der Waals surface area contributed by atoms with E-state index in [1.54, 1.807) is 29.7 Å². The van der Waals surface area contributed by atoms with E-state index in [4.69, 9.17) is 28.9 Å². The summed E-state index contributed by atoms with van der Waals surface area (Å²) in [5.41, 5.74) is 6.93. The summed E-state index contributed by atoms with van der Waals surface area (Å²) in [5, 5.41) is 7.18. The van der Waals surface area contributed by atoms with Crippen LogP contribution in [0.3, 0.4) is 0 Å². The van der Waals surface area contributed by atoms with Crippen molar-refractivity contribution >= 4 is 45.9 Å². The fourth-order valence-corrected chi connectivity index (χ4v) is 2.65. The van der Waals surface area contributed by atoms with Gasteiger partial charge in [-0.2, -0.15) is 0 Å². The molecule has 1 aromatic heterocycles. The molecule has 3 N–H and O–H groups in total. The van der Waals surface area contributed by atoms with Gasteiger partial charge in [-0.15, -0.1) is 11.3 Å². The molecule has 0 unspecified atom stereocenters. The molecule has 0 aliphatic carbocycles. The molecular weight excluding hydrogens is 289 g/mol. The summed E-state index contributed by atoms with van der Waals surface area (Å²) in [6, 6.07) is 3.37. The third-order valence-corrected chi connectivity index (χ3v) is 4.33. The van der Waals surface area contributed by atoms with Crippen LogP contribution in [0.5, 0.6) is 0 Å². The average molecular weight is 302 g/mol. The van der Waals surface area contributed by atoms with Gasteiger partial charge in [0.25, 0.3) is 0 Å². The van der Waals surface area contributed by atoms with E-state index in [1.165, 1.54) is 0 Å². The van der Waals surface area contributed by atoms with Crippen molar-refractivity contribution < 1.29 is 0 Å². The normalized spacial score (nSPS) is 11.6. The minimum absolute atomic E-state index is 0.320. The van der Waals surface area contributed by atoms with Crippen LogP contribution in [0.2, 0.25) is 10.0 Å². The Morgan fingerprint density at radius 1 is 1.28 bits per heavy atom. The number of rotatable bonds is 3. The van der Waals surface area contributed by atoms with Crippen LogP contribution in [0.4, 0.5) is 11.4 Å². The Hall–Kier alpha value is -0.970. The average Bonchev–Trinajstić information content (AvgIpc) is 2.79. The molecule has 1 aromatic carbocycles. The lowest BCUT2D eigenvalue weighted by Crippen LogP contribution is -2.28. The Balaban J connectivity index is 2.32. The summed E-state index contributed by atoms with van der Waals surface area (Å²) in [5.74, 6) is 0. The maximum atomic E-state index is 6.00. The van der Waals surface area contributed by atoms with Crippen LogP contribution in [0.15, 0.2) is 23.7 Å². The first-order valence-electron chi connectivity index (χ1n) is 5.33. The molecular formula is C12H13Cl2N3S. The molecule has 0 aliphatic heterocycles. The molecule has 0 spiro atoms. The van der Waals surface area contributed by atoms with Gasteiger partial charge in [-0.1, -0.05) is 23.2 Å². The molecule has 0 bridgehead atoms. The lowest BCUT2D eigenvalue weighted by molar-refractivity contribution is 0.605. The summed E-state index contributed by atoms with van der Waals surface area (Å²) < 4.78 is 0. The third-order valence-electron chi connectivity index (χ3n) is 2.51. The number of nitrogen functional groups attached to an aromatic ring is 1. The third kappa shape index (κ3) is 2.71. The van der Waals surface area contributed by atoms with Crippen molar-refractivity contribution in [3.05, 3.63) is 38.8 Å². The van der Waals surface area contributed by atoms with Crippen molar-refractivity contribution in [2.75, 3.05) is 11.1 Å². The summed E-state index contributed by atoms with van der Waals surface area (Å²) in [4.78, 5) is 4.31. The highest BCUT2D eigenvalue weighted by Gasteiger charge is 2.24. The Labute approximate surface area is 120 Å². The molecule has 6 heteroatoms. The number of nitrogens with one attached hydrogen (secondary N) is 1. The van der Waals surface area contributed by atoms with Gasteiger partial charge >= 0.3 is 0 Å². The van der Waals surface area contributed by atoms with E-state index >= 15 is 0 Å². The van der Waals surface area contributed by atoms with Crippen LogP contribution < -0.4 is 11.1 Å². The number of aromatic nitrogens is 1. The highest BCUT2D eigenvalue weighted by molar-refractivity contribution is 7.09. The van der Waals surface area contributed by atoms with Gasteiger partial charge in [0.05, 0.1) is 27.0 Å². The first-order valence-corrected chi connectivity index (χ1v) is 6.96. The Morgan fingerprint density at radius 3 is 2.56 bits per heavy atom. The van der Waals surface area contributed by atoms with Gasteiger partial charge in [-0.25, -0.2) is 4.98 Å². The van der Waals surface area contributed by atoms with E-state index < -0.39 is 0 Å². The number of hydrogen-bond acceptors (Lipinski definition) is 4. The zero-order valence-electron chi connectivity index (χ0n) is 10.00. The van der Waals surface area contributed by atoms with Crippen LogP contribution in [-0.4, -0.2) is 4.98 Å². The van der Waals surface area contributed by atoms with Crippen LogP contribution in [-0.2, 0) is 5.54 Å². The lowest BCUT2D eigenvalue weighted by Gasteiger charge is -2.26. The van der Waals surface area contributed by atoms with Gasteiger partial charge in [-0.05, 0) is 26.0 Å². The molecule has 0 fully saturated rings. The van der Waals surface area contributed by atoms with E-state index in [0.29, 0.717) is 15.7 Å². The SMILES string of the molecule is CC(C)(Nc1cc(Cl)c(Cl)cc1N)c1nccs1. The topological polar surface area (TPSA) is 50.9 Å². The summed E-state index contributed by atoms with van der Waals surface area (Å²) in [6.07, 6.45) is 1.78. The Kier molecular flexibility index (Phi) is 3.71. The molecule has 0 radical (unpaired) electrons. The Morgan fingerprint density at radius 2 is 1.94 bits per heavy atom. The van der Waals surface area contributed by atoms with Gasteiger partial charge < -0.3 is 11.1 Å². The zero-order valence-corrected chi connectivity index (χ0v) is 12.3. The molecule has 0 amide bonds. The molecule has 1 heterocycles. The van der Waals surface area contributed by atoms with Crippen molar-refractivity contribution in [1.82, 2.24) is 4.98 Å². The van der Waals surface area contributed by atoms with Crippen molar-refractivity contribution in [1.29, 1.82) is 0 Å². The minimum atomic E-state index is -0.320. The minimum Gasteiger partial charge on any atom is -0.397 e. The monoisotopic (exact) mass is 301 g/mol. The second-order valence-electron chi connectivity index (χ2n) is 4.44. The first kappa shape index (κ1) is 13.5. The predicted octanol–water partition coefficient (Wildman–Crippen LogP) is 4.38. The molecule has 2 rings (SSSR count). The van der Waals surface area contributed by atoms with Gasteiger partial charge in [0.1, 0.15) is 5.01 Å². The number of benzene rings is 1. The van der Waals surface area contributed by atoms with Gasteiger partial charge in [0.15, 0.2) is 0 Å². The summed E-state index contributed by atoms with van der Waals surface area (Å²) in [6.45, 7) is 4.07. The summed E-state index contributed by atoms with van der Waals surface area (Å²) in [7, 11) is 0. The van der Waals surface area contributed by atoms with E-state index in [2.05, 4.69) is 10.3 Å². The number of nitrogens with two attached hydrogens (primary N) is 1. The van der Waals surface area contributed by atoms with E-state index in [1.807, 2.05) is 19.2 Å². The van der Waals surface area contributed by atoms with Crippen LogP contribution in [0.1, 0.15) is 18.9 Å². The molecule has 0 saturated carbocycles. The smallest absolute Gasteiger partial charge is 0.117 e. The lowest BCUT2D eigenvalue weighted by atomic mass is 10.1. The van der Waals surface area contributed by atoms with Crippen molar-refractivity contribution in [3.63, 3.8) is 0 Å². The molecule has 0 aliphatic rings. The van der Waals surface area contributed by atoms with Gasteiger partial charge in [0.2, 0.25) is 0 Å². The van der Waals surface area contributed by atoms with Crippen LogP contribution in [0, 0.1) is 0 Å². The molecule has 0 saturated heterocycles. The zero-order chi connectivity index (χ0) is 13.3. The standard InChI is InChI=1S/C12H13Cl2N3S/c1-12(2,11-16-3-4-18-11)17-10-6-8(14)7(13)5-9(10)15/h3-6,17H,15H2,1-2H3. The van der Waals surface area contributed by atoms with Crippen LogP contribution in [0.25, 0.3) is 0 Å². The highest BCUT2D eigenvalue weighted by Crippen LogP contribution is 2.34. The molecule has 0 atom stereocenters. The number of halogens is 2. The highest BCUT2D eigenvalue weighted by atomic mass is 35.5. The van der Waals surface area contributed by atoms with Crippen molar-refractivity contribution in [2.45, 2.75) is 19.4 Å². The van der Waals surface area contributed by atoms with E-state index in [9.17, 15) is 0 Å². The second-order valence-corrected chi connectivity index (χ2v) is 6.15. The molecule has 2 aromatic rings. The van der Waals surface area contributed by atoms with Crippen molar-refractivity contribution in [3.8, 4) is 0 Å². The van der Waals surface area contributed by atoms with Gasteiger partial charge in [-0.3, -0.25) is 0 Å². The van der Waals surface area contributed by atoms with Gasteiger partial charge in [0, 0.05) is 11.6 Å². The maximum Gasteiger partial charge on any atom is 0.117 e. The Bertz CT molecular complexity index is 553. The second kappa shape index (κ2) is 4.96. The van der Waals surface area contributed by atoms with E-state index in [-0.39, 0.29) is 5.54 Å². The largest absolute Gasteiger partial charge is 0.397 e. The number of hydrogen-bond donors (Lipinski definition) is 2.